The number of aryl methyl sites for hydroxylation is 4. The summed E-state index contributed by atoms with van der Waals surface area (Å²) in [4.78, 5) is 136. The van der Waals surface area contributed by atoms with Crippen molar-refractivity contribution in [3.05, 3.63) is 286 Å². The molecule has 0 bridgehead atoms. The first-order valence-electron chi connectivity index (χ1n) is 32.0. The molecule has 0 atom stereocenters. The van der Waals surface area contributed by atoms with Crippen LogP contribution in [0.4, 0.5) is 17.1 Å². The van der Waals surface area contributed by atoms with Gasteiger partial charge in [-0.05, 0) is 194 Å². The summed E-state index contributed by atoms with van der Waals surface area (Å²) in [6.45, 7) is 5.09. The normalized spacial score (nSPS) is 13.6. The van der Waals surface area contributed by atoms with Crippen molar-refractivity contribution in [1.29, 1.82) is 0 Å². The molecule has 3 aliphatic rings. The summed E-state index contributed by atoms with van der Waals surface area (Å²) in [7, 11) is 4.21. The van der Waals surface area contributed by atoms with E-state index in [1.807, 2.05) is 137 Å². The number of carboxylic acid groups (broad SMARTS) is 3. The smallest absolute Gasteiger partial charge is 0.338 e. The summed E-state index contributed by atoms with van der Waals surface area (Å²) in [5.41, 5.74) is 7.66. The van der Waals surface area contributed by atoms with Gasteiger partial charge >= 0.3 is 29.8 Å². The van der Waals surface area contributed by atoms with Gasteiger partial charge in [0.05, 0.1) is 79.1 Å². The number of rotatable bonds is 15. The van der Waals surface area contributed by atoms with Crippen molar-refractivity contribution in [2.24, 2.45) is 0 Å². The van der Waals surface area contributed by atoms with Gasteiger partial charge in [-0.3, -0.25) is 28.8 Å². The number of benzene rings is 8. The average Bonchev–Trinajstić information content (AvgIpc) is 1.46. The SMILES string of the molecule is COC(=O)c1cc(C)c(C)cc1-c1ccc(/C=C2/CC(=O)N(c3ccc(C(=O)O)cc3)C2=O)o1.COC(=O)c1cc(C)c(C)cc1-c1ccc(OC)o1.O=C(O)c1ccc(N2C(=O)C=CC2=O)cc1.O=C(O)c1ccc(N2C(=O)CC(=P(c3ccccc3)(c3ccccc3)c3ccccc3)C2=O)cc1. The van der Waals surface area contributed by atoms with Gasteiger partial charge in [-0.25, -0.2) is 38.7 Å². The number of ether oxygens (including phenoxy) is 3. The highest BCUT2D eigenvalue weighted by Gasteiger charge is 2.43. The van der Waals surface area contributed by atoms with Crippen molar-refractivity contribution < 1.29 is 91.1 Å². The van der Waals surface area contributed by atoms with Crippen LogP contribution in [0.15, 0.2) is 239 Å². The van der Waals surface area contributed by atoms with Gasteiger partial charge in [0, 0.05) is 40.2 Å². The van der Waals surface area contributed by atoms with E-state index in [1.54, 1.807) is 30.3 Å². The molecule has 3 aliphatic heterocycles. The Morgan fingerprint density at radius 1 is 0.423 bits per heavy atom. The molecule has 0 radical (unpaired) electrons. The molecule has 13 rings (SSSR count). The number of aromatic carboxylic acids is 3. The van der Waals surface area contributed by atoms with Gasteiger partial charge in [0.25, 0.3) is 29.6 Å². The summed E-state index contributed by atoms with van der Waals surface area (Å²) in [6.07, 6.45) is 3.72. The Hall–Kier alpha value is -13.3. The molecule has 23 heteroatoms. The Morgan fingerprint density at radius 3 is 1.17 bits per heavy atom. The third-order valence-electron chi connectivity index (χ3n) is 17.2. The van der Waals surface area contributed by atoms with E-state index >= 15 is 0 Å². The van der Waals surface area contributed by atoms with Crippen molar-refractivity contribution in [2.45, 2.75) is 40.5 Å². The minimum absolute atomic E-state index is 0.00796. The summed E-state index contributed by atoms with van der Waals surface area (Å²) in [5.74, 6) is -4.76. The summed E-state index contributed by atoms with van der Waals surface area (Å²) in [6, 6.07) is 60.8. The zero-order valence-electron chi connectivity index (χ0n) is 57.0. The quantitative estimate of drug-likeness (QED) is 0.0372. The molecule has 6 amide bonds. The molecule has 0 unspecified atom stereocenters. The molecule has 10 aromatic rings. The summed E-state index contributed by atoms with van der Waals surface area (Å²) >= 11 is 0. The van der Waals surface area contributed by atoms with Gasteiger partial charge in [0.2, 0.25) is 11.8 Å². The second kappa shape index (κ2) is 31.9. The molecule has 0 spiro atoms. The molecule has 2 saturated heterocycles. The van der Waals surface area contributed by atoms with E-state index in [1.165, 1.54) is 117 Å². The zero-order chi connectivity index (χ0) is 74.7. The summed E-state index contributed by atoms with van der Waals surface area (Å²) in [5, 5.41) is 30.5. The van der Waals surface area contributed by atoms with E-state index in [0.717, 1.165) is 48.0 Å². The van der Waals surface area contributed by atoms with Gasteiger partial charge in [-0.15, -0.1) is 0 Å². The Bertz CT molecular complexity index is 5050. The molecule has 0 aliphatic carbocycles. The van der Waals surface area contributed by atoms with E-state index in [2.05, 4.69) is 0 Å². The first-order valence-corrected chi connectivity index (χ1v) is 33.7. The standard InChI is InChI=1S/C29H22NO4P.C26H21NO7.C15H16O4.C11H7NO4/c31-27-20-26(28(32)30(27)22-18-16-21(17-19-22)29(33)34)35(23-10-4-1-5-11-23,24-12-6-2-7-13-24)25-14-8-3-9-15-25;1-14-10-20(21(11-15(14)2)26(32)33-3)22-9-8-19(34-22)12-17-13-23(28)27(24(17)29)18-6-4-16(5-7-18)25(30)31;1-9-7-11(13-5-6-14(17-3)19-13)12(8-10(9)2)15(16)18-4;13-9-5-6-10(14)12(9)8-3-1-7(2-4-8)11(15)16/h1-19H,20H2,(H,33,34);4-12H,13H2,1-3H3,(H,30,31);5-8H,1-4H3;1-6H,(H,15,16)/b;17-12-;;. The lowest BCUT2D eigenvalue weighted by Gasteiger charge is -2.31. The second-order valence-electron chi connectivity index (χ2n) is 23.6. The third-order valence-corrected chi connectivity index (χ3v) is 21.6. The molecule has 104 heavy (non-hydrogen) atoms. The fourth-order valence-corrected chi connectivity index (χ4v) is 16.2. The summed E-state index contributed by atoms with van der Waals surface area (Å²) < 4.78 is 26.1. The lowest BCUT2D eigenvalue weighted by Crippen LogP contribution is -2.35. The predicted molar refractivity (Wildman–Crippen MR) is 391 cm³/mol. The number of amides is 6. The number of imide groups is 3. The van der Waals surface area contributed by atoms with Gasteiger partial charge < -0.3 is 38.4 Å². The first kappa shape index (κ1) is 73.4. The zero-order valence-corrected chi connectivity index (χ0v) is 57.9. The largest absolute Gasteiger partial charge is 0.478 e. The number of anilines is 3. The number of furan rings is 2. The lowest BCUT2D eigenvalue weighted by atomic mass is 9.98. The van der Waals surface area contributed by atoms with Gasteiger partial charge in [-0.2, -0.15) is 0 Å². The first-order chi connectivity index (χ1) is 49.9. The number of carbonyl (C=O) groups excluding carboxylic acids is 8. The van der Waals surface area contributed by atoms with Gasteiger partial charge in [-0.1, -0.05) is 91.0 Å². The van der Waals surface area contributed by atoms with Crippen LogP contribution >= 0.6 is 6.89 Å². The van der Waals surface area contributed by atoms with Crippen LogP contribution in [0.2, 0.25) is 0 Å². The molecule has 22 nitrogen and oxygen atoms in total. The Labute approximate surface area is 595 Å². The van der Waals surface area contributed by atoms with Gasteiger partial charge in [0.15, 0.2) is 0 Å². The van der Waals surface area contributed by atoms with Crippen LogP contribution in [0.25, 0.3) is 28.7 Å². The second-order valence-corrected chi connectivity index (χ2v) is 27.0. The highest BCUT2D eigenvalue weighted by Crippen LogP contribution is 2.49. The molecule has 3 N–H and O–H groups in total. The van der Waals surface area contributed by atoms with Crippen LogP contribution in [0, 0.1) is 27.7 Å². The van der Waals surface area contributed by atoms with Crippen molar-refractivity contribution >= 4 is 117 Å². The maximum Gasteiger partial charge on any atom is 0.338 e. The number of nitrogens with zero attached hydrogens (tertiary/aromatic N) is 3. The van der Waals surface area contributed by atoms with E-state index < -0.39 is 54.4 Å². The van der Waals surface area contributed by atoms with Crippen LogP contribution in [-0.4, -0.2) is 107 Å². The fourth-order valence-electron chi connectivity index (χ4n) is 11.7. The fraction of sp³-hybridized carbons (Fsp3) is 0.111. The van der Waals surface area contributed by atoms with Crippen LogP contribution in [0.3, 0.4) is 0 Å². The van der Waals surface area contributed by atoms with E-state index in [4.69, 9.17) is 33.3 Å². The Morgan fingerprint density at radius 2 is 0.788 bits per heavy atom. The molecular formula is C81H66N3O19P. The van der Waals surface area contributed by atoms with Crippen LogP contribution in [0.5, 0.6) is 5.95 Å². The highest BCUT2D eigenvalue weighted by molar-refractivity contribution is 7.96. The monoisotopic (exact) mass is 1420 g/mol. The third kappa shape index (κ3) is 15.5. The number of carboxylic acids is 3. The van der Waals surface area contributed by atoms with Crippen molar-refractivity contribution in [1.82, 2.24) is 0 Å². The van der Waals surface area contributed by atoms with Crippen molar-refractivity contribution in [3.63, 3.8) is 0 Å². The number of esters is 2. The van der Waals surface area contributed by atoms with Crippen LogP contribution < -0.4 is 35.4 Å². The number of hydrogen-bond acceptors (Lipinski definition) is 16. The van der Waals surface area contributed by atoms with Crippen LogP contribution in [0.1, 0.15) is 92.6 Å². The Kier molecular flexibility index (Phi) is 22.5. The molecule has 8 aromatic carbocycles. The topological polar surface area (TPSA) is 312 Å². The average molecular weight is 1420 g/mol. The maximum absolute atomic E-state index is 14.1. The van der Waals surface area contributed by atoms with E-state index in [-0.39, 0.29) is 52.9 Å². The van der Waals surface area contributed by atoms with Crippen molar-refractivity contribution in [2.75, 3.05) is 36.0 Å². The predicted octanol–water partition coefficient (Wildman–Crippen LogP) is 12.4. The maximum atomic E-state index is 14.1. The molecule has 5 heterocycles. The van der Waals surface area contributed by atoms with E-state index in [9.17, 15) is 57.8 Å². The minimum atomic E-state index is -2.67. The molecule has 0 saturated carbocycles. The molecule has 2 aromatic heterocycles. The van der Waals surface area contributed by atoms with Gasteiger partial charge in [0.1, 0.15) is 17.3 Å². The number of carbonyl (C=O) groups is 11. The molecular weight excluding hydrogens is 1350 g/mol. The molecule has 2 fully saturated rings. The number of hydrogen-bond donors (Lipinski definition) is 3. The van der Waals surface area contributed by atoms with Crippen molar-refractivity contribution in [3.8, 4) is 28.6 Å². The van der Waals surface area contributed by atoms with E-state index in [0.29, 0.717) is 67.8 Å². The number of methoxy groups -OCH3 is 3. The van der Waals surface area contributed by atoms with Crippen LogP contribution in [-0.2, 0) is 38.2 Å². The minimum Gasteiger partial charge on any atom is -0.478 e. The Balaban J connectivity index is 0.000000156. The highest BCUT2D eigenvalue weighted by atomic mass is 31.2. The molecule has 524 valence electrons. The lowest BCUT2D eigenvalue weighted by molar-refractivity contribution is -0.122.